The second-order valence-corrected chi connectivity index (χ2v) is 4.11. The summed E-state index contributed by atoms with van der Waals surface area (Å²) in [5.41, 5.74) is 0.912. The Balaban J connectivity index is 2.41. The zero-order valence-electron chi connectivity index (χ0n) is 9.28. The van der Waals surface area contributed by atoms with Crippen molar-refractivity contribution in [2.24, 2.45) is 0 Å². The third-order valence-corrected chi connectivity index (χ3v) is 2.90. The van der Waals surface area contributed by atoms with Gasteiger partial charge < -0.3 is 12.6 Å². The summed E-state index contributed by atoms with van der Waals surface area (Å²) in [5, 5.41) is 0.687. The maximum Gasteiger partial charge on any atom is 0.266 e. The van der Waals surface area contributed by atoms with Gasteiger partial charge in [0.15, 0.2) is 5.65 Å². The third-order valence-electron chi connectivity index (χ3n) is 2.63. The van der Waals surface area contributed by atoms with E-state index in [9.17, 15) is 4.79 Å². The molecule has 88 valence electrons. The molecule has 0 saturated heterocycles. The molecule has 3 rings (SSSR count). The van der Waals surface area contributed by atoms with Gasteiger partial charge in [0.25, 0.3) is 5.56 Å². The lowest BCUT2D eigenvalue weighted by molar-refractivity contribution is 0.818. The van der Waals surface area contributed by atoms with Crippen LogP contribution in [0.4, 0.5) is 0 Å². The minimum absolute atomic E-state index is 0.190. The highest BCUT2D eigenvalue weighted by Crippen LogP contribution is 2.10. The topological polar surface area (TPSA) is 47.8 Å². The number of hydrogen-bond acceptors (Lipinski definition) is 4. The van der Waals surface area contributed by atoms with Crippen LogP contribution in [0.25, 0.3) is 16.7 Å². The van der Waals surface area contributed by atoms with Crippen molar-refractivity contribution in [1.82, 2.24) is 14.5 Å². The number of fused-ring (bicyclic) bond motifs is 1. The van der Waals surface area contributed by atoms with Gasteiger partial charge in [0, 0.05) is 11.9 Å². The molecule has 0 atom stereocenters. The van der Waals surface area contributed by atoms with E-state index in [0.29, 0.717) is 16.7 Å². The number of nitrogens with zero attached hydrogens (tertiary/aromatic N) is 3. The van der Waals surface area contributed by atoms with Crippen molar-refractivity contribution in [3.8, 4) is 5.69 Å². The van der Waals surface area contributed by atoms with Gasteiger partial charge in [0.05, 0.1) is 5.39 Å². The number of rotatable bonds is 1. The van der Waals surface area contributed by atoms with Crippen LogP contribution in [0.5, 0.6) is 0 Å². The van der Waals surface area contributed by atoms with Gasteiger partial charge in [0.2, 0.25) is 0 Å². The largest absolute Gasteiger partial charge is 0.742 e. The van der Waals surface area contributed by atoms with Crippen molar-refractivity contribution in [1.29, 1.82) is 0 Å². The van der Waals surface area contributed by atoms with Crippen LogP contribution in [-0.4, -0.2) is 14.5 Å². The molecule has 5 heteroatoms. The summed E-state index contributed by atoms with van der Waals surface area (Å²) in [5.74, 6) is 0. The molecule has 18 heavy (non-hydrogen) atoms. The molecule has 0 saturated carbocycles. The van der Waals surface area contributed by atoms with E-state index in [1.165, 1.54) is 4.57 Å². The lowest BCUT2D eigenvalue weighted by Gasteiger charge is -2.16. The minimum Gasteiger partial charge on any atom is -0.742 e. The van der Waals surface area contributed by atoms with Gasteiger partial charge in [-0.15, -0.1) is 0 Å². The van der Waals surface area contributed by atoms with Crippen molar-refractivity contribution in [2.45, 2.75) is 5.16 Å². The Morgan fingerprint density at radius 2 is 1.83 bits per heavy atom. The molecule has 0 unspecified atom stereocenters. The molecule has 0 radical (unpaired) electrons. The van der Waals surface area contributed by atoms with Crippen LogP contribution < -0.4 is 5.56 Å². The van der Waals surface area contributed by atoms with E-state index >= 15 is 0 Å². The summed E-state index contributed by atoms with van der Waals surface area (Å²) < 4.78 is 1.42. The second kappa shape index (κ2) is 4.19. The SMILES string of the molecule is O=c1c2cccnc2nc([S-])n1-c1ccccc1. The third kappa shape index (κ3) is 1.65. The van der Waals surface area contributed by atoms with E-state index in [4.69, 9.17) is 12.6 Å². The van der Waals surface area contributed by atoms with Gasteiger partial charge in [-0.2, -0.15) is 0 Å². The van der Waals surface area contributed by atoms with Gasteiger partial charge in [-0.05, 0) is 29.4 Å². The molecule has 0 aliphatic heterocycles. The van der Waals surface area contributed by atoms with Gasteiger partial charge in [-0.25, -0.2) is 9.97 Å². The van der Waals surface area contributed by atoms with Crippen LogP contribution in [-0.2, 0) is 12.6 Å². The fourth-order valence-corrected chi connectivity index (χ4v) is 2.08. The Morgan fingerprint density at radius 3 is 2.61 bits per heavy atom. The highest BCUT2D eigenvalue weighted by molar-refractivity contribution is 7.58. The molecule has 0 amide bonds. The molecule has 0 aliphatic rings. The number of hydrogen-bond donors (Lipinski definition) is 0. The molecule has 2 aromatic heterocycles. The quantitative estimate of drug-likeness (QED) is 0.490. The maximum atomic E-state index is 12.4. The molecular formula is C13H8N3OS-. The number of benzene rings is 1. The van der Waals surface area contributed by atoms with Crippen molar-refractivity contribution in [2.75, 3.05) is 0 Å². The molecule has 0 spiro atoms. The van der Waals surface area contributed by atoms with Gasteiger partial charge >= 0.3 is 0 Å². The first kappa shape index (κ1) is 10.9. The molecule has 3 aromatic rings. The second-order valence-electron chi connectivity index (χ2n) is 3.75. The molecule has 0 bridgehead atoms. The highest BCUT2D eigenvalue weighted by Gasteiger charge is 2.06. The van der Waals surface area contributed by atoms with E-state index < -0.39 is 0 Å². The molecule has 0 N–H and O–H groups in total. The van der Waals surface area contributed by atoms with Crippen molar-refractivity contribution in [3.05, 3.63) is 59.0 Å². The number of aromatic nitrogens is 3. The fourth-order valence-electron chi connectivity index (χ4n) is 1.81. The summed E-state index contributed by atoms with van der Waals surface area (Å²) in [6.07, 6.45) is 1.59. The first-order chi connectivity index (χ1) is 8.77. The molecular weight excluding hydrogens is 246 g/mol. The summed E-state index contributed by atoms with van der Waals surface area (Å²) >= 11 is 5.16. The summed E-state index contributed by atoms with van der Waals surface area (Å²) in [6, 6.07) is 12.6. The van der Waals surface area contributed by atoms with Crippen LogP contribution in [0.1, 0.15) is 0 Å². The predicted molar refractivity (Wildman–Crippen MR) is 70.8 cm³/mol. The Bertz CT molecular complexity index is 768. The van der Waals surface area contributed by atoms with Crippen molar-refractivity contribution in [3.63, 3.8) is 0 Å². The zero-order valence-corrected chi connectivity index (χ0v) is 10.1. The number of pyridine rings is 1. The first-order valence-electron chi connectivity index (χ1n) is 5.37. The Labute approximate surface area is 108 Å². The van der Waals surface area contributed by atoms with Crippen LogP contribution in [0.15, 0.2) is 58.6 Å². The monoisotopic (exact) mass is 254 g/mol. The van der Waals surface area contributed by atoms with Crippen LogP contribution >= 0.6 is 0 Å². The van der Waals surface area contributed by atoms with Crippen LogP contribution in [0.3, 0.4) is 0 Å². The average molecular weight is 254 g/mol. The molecule has 1 aromatic carbocycles. The lowest BCUT2D eigenvalue weighted by atomic mass is 10.3. The van der Waals surface area contributed by atoms with Gasteiger partial charge in [-0.1, -0.05) is 18.2 Å². The van der Waals surface area contributed by atoms with E-state index in [1.54, 1.807) is 18.3 Å². The standard InChI is InChI=1S/C13H9N3OS/c17-12-10-7-4-8-14-11(10)15-13(18)16(12)9-5-2-1-3-6-9/h1-8H,(H,14,15,18)/p-1. The molecule has 0 aliphatic carbocycles. The highest BCUT2D eigenvalue weighted by atomic mass is 32.1. The van der Waals surface area contributed by atoms with E-state index in [-0.39, 0.29) is 10.7 Å². The normalized spacial score (nSPS) is 10.7. The Kier molecular flexibility index (Phi) is 2.53. The number of para-hydroxylation sites is 1. The molecule has 4 nitrogen and oxygen atoms in total. The first-order valence-corrected chi connectivity index (χ1v) is 5.78. The Morgan fingerprint density at radius 1 is 1.06 bits per heavy atom. The zero-order chi connectivity index (χ0) is 12.5. The van der Waals surface area contributed by atoms with Gasteiger partial charge in [0.1, 0.15) is 0 Å². The van der Waals surface area contributed by atoms with E-state index in [0.717, 1.165) is 0 Å². The lowest BCUT2D eigenvalue weighted by Crippen LogP contribution is -2.22. The average Bonchev–Trinajstić information content (AvgIpc) is 2.40. The molecule has 2 heterocycles. The smallest absolute Gasteiger partial charge is 0.266 e. The predicted octanol–water partition coefficient (Wildman–Crippen LogP) is 1.69. The summed E-state index contributed by atoms with van der Waals surface area (Å²) in [4.78, 5) is 20.6. The van der Waals surface area contributed by atoms with Crippen LogP contribution in [0.2, 0.25) is 0 Å². The Hall–Kier alpha value is -2.27. The van der Waals surface area contributed by atoms with E-state index in [1.807, 2.05) is 30.3 Å². The van der Waals surface area contributed by atoms with Crippen molar-refractivity contribution >= 4 is 23.7 Å². The molecule has 0 fully saturated rings. The summed E-state index contributed by atoms with van der Waals surface area (Å²) in [6.45, 7) is 0. The van der Waals surface area contributed by atoms with Crippen LogP contribution in [0, 0.1) is 0 Å². The van der Waals surface area contributed by atoms with Gasteiger partial charge in [-0.3, -0.25) is 9.36 Å². The van der Waals surface area contributed by atoms with Crippen molar-refractivity contribution < 1.29 is 0 Å². The minimum atomic E-state index is -0.190. The van der Waals surface area contributed by atoms with E-state index in [2.05, 4.69) is 9.97 Å². The summed E-state index contributed by atoms with van der Waals surface area (Å²) in [7, 11) is 0. The fraction of sp³-hybridized carbons (Fsp3) is 0. The maximum absolute atomic E-state index is 12.4.